The summed E-state index contributed by atoms with van der Waals surface area (Å²) in [7, 11) is 0. The van der Waals surface area contributed by atoms with E-state index in [0.717, 1.165) is 17.5 Å². The summed E-state index contributed by atoms with van der Waals surface area (Å²) < 4.78 is 5.44. The van der Waals surface area contributed by atoms with E-state index < -0.39 is 0 Å². The molecule has 1 aliphatic rings. The Kier molecular flexibility index (Phi) is 3.05. The molecule has 0 aromatic heterocycles. The molecule has 0 atom stereocenters. The molecule has 0 aliphatic carbocycles. The maximum absolute atomic E-state index is 9.90. The SMILES string of the molecule is C=C1C=Cc2cc(CC=C(C)C)c(O)cc2O1. The van der Waals surface area contributed by atoms with E-state index in [1.165, 1.54) is 5.57 Å². The van der Waals surface area contributed by atoms with Gasteiger partial charge in [-0.3, -0.25) is 0 Å². The molecule has 0 unspecified atom stereocenters. The molecule has 1 aromatic rings. The molecule has 2 nitrogen and oxygen atoms in total. The van der Waals surface area contributed by atoms with Crippen LogP contribution in [0.5, 0.6) is 11.5 Å². The van der Waals surface area contributed by atoms with Gasteiger partial charge in [-0.25, -0.2) is 0 Å². The highest BCUT2D eigenvalue weighted by Gasteiger charge is 2.12. The summed E-state index contributed by atoms with van der Waals surface area (Å²) in [6.45, 7) is 7.81. The first-order valence-electron chi connectivity index (χ1n) is 5.60. The summed E-state index contributed by atoms with van der Waals surface area (Å²) in [6, 6.07) is 3.60. The molecule has 1 aromatic carbocycles. The molecule has 17 heavy (non-hydrogen) atoms. The van der Waals surface area contributed by atoms with Crippen LogP contribution < -0.4 is 4.74 Å². The zero-order chi connectivity index (χ0) is 12.4. The first-order valence-corrected chi connectivity index (χ1v) is 5.60. The Hall–Kier alpha value is -1.96. The maximum Gasteiger partial charge on any atom is 0.138 e. The molecule has 1 heterocycles. The molecular formula is C15H16O2. The second-order valence-electron chi connectivity index (χ2n) is 4.41. The van der Waals surface area contributed by atoms with Crippen LogP contribution in [-0.4, -0.2) is 5.11 Å². The zero-order valence-corrected chi connectivity index (χ0v) is 10.2. The van der Waals surface area contributed by atoms with Crippen LogP contribution in [0.1, 0.15) is 25.0 Å². The van der Waals surface area contributed by atoms with Crippen molar-refractivity contribution in [3.63, 3.8) is 0 Å². The van der Waals surface area contributed by atoms with Gasteiger partial charge in [-0.2, -0.15) is 0 Å². The van der Waals surface area contributed by atoms with Crippen molar-refractivity contribution in [2.45, 2.75) is 20.3 Å². The first kappa shape index (κ1) is 11.5. The highest BCUT2D eigenvalue weighted by Crippen LogP contribution is 2.33. The Bertz CT molecular complexity index is 518. The van der Waals surface area contributed by atoms with E-state index in [-0.39, 0.29) is 5.75 Å². The Morgan fingerprint density at radius 2 is 2.12 bits per heavy atom. The van der Waals surface area contributed by atoms with E-state index >= 15 is 0 Å². The van der Waals surface area contributed by atoms with Crippen molar-refractivity contribution in [3.8, 4) is 11.5 Å². The summed E-state index contributed by atoms with van der Waals surface area (Å²) in [4.78, 5) is 0. The Labute approximate surface area is 102 Å². The van der Waals surface area contributed by atoms with E-state index in [1.54, 1.807) is 6.07 Å². The van der Waals surface area contributed by atoms with Crippen LogP contribution in [0, 0.1) is 0 Å². The zero-order valence-electron chi connectivity index (χ0n) is 10.2. The van der Waals surface area contributed by atoms with Crippen LogP contribution in [-0.2, 0) is 6.42 Å². The second-order valence-corrected chi connectivity index (χ2v) is 4.41. The lowest BCUT2D eigenvalue weighted by molar-refractivity contribution is 0.428. The number of aromatic hydroxyl groups is 1. The number of allylic oxidation sites excluding steroid dienone is 3. The molecule has 0 fully saturated rings. The third-order valence-corrected chi connectivity index (χ3v) is 2.63. The van der Waals surface area contributed by atoms with Gasteiger partial charge in [0.2, 0.25) is 0 Å². The van der Waals surface area contributed by atoms with E-state index in [1.807, 2.05) is 32.1 Å². The van der Waals surface area contributed by atoms with Gasteiger partial charge in [0.15, 0.2) is 0 Å². The maximum atomic E-state index is 9.90. The van der Waals surface area contributed by atoms with Gasteiger partial charge in [-0.1, -0.05) is 18.2 Å². The first-order chi connectivity index (χ1) is 8.06. The standard InChI is InChI=1S/C15H16O2/c1-10(2)4-6-12-8-13-7-5-11(3)17-15(13)9-14(12)16/h4-5,7-9,16H,3,6H2,1-2H3. The lowest BCUT2D eigenvalue weighted by atomic mass is 10.0. The van der Waals surface area contributed by atoms with Crippen molar-refractivity contribution in [2.75, 3.05) is 0 Å². The van der Waals surface area contributed by atoms with Gasteiger partial charge >= 0.3 is 0 Å². The highest BCUT2D eigenvalue weighted by molar-refractivity contribution is 5.65. The van der Waals surface area contributed by atoms with Crippen molar-refractivity contribution >= 4 is 6.08 Å². The summed E-state index contributed by atoms with van der Waals surface area (Å²) in [5, 5.41) is 9.90. The number of rotatable bonds is 2. The Balaban J connectivity index is 2.36. The van der Waals surface area contributed by atoms with Crippen LogP contribution >= 0.6 is 0 Å². The minimum atomic E-state index is 0.268. The number of phenols is 1. The van der Waals surface area contributed by atoms with Crippen molar-refractivity contribution < 1.29 is 9.84 Å². The van der Waals surface area contributed by atoms with Crippen molar-refractivity contribution in [1.29, 1.82) is 0 Å². The largest absolute Gasteiger partial charge is 0.508 e. The molecule has 1 aliphatic heterocycles. The third kappa shape index (κ3) is 2.59. The number of hydrogen-bond donors (Lipinski definition) is 1. The second kappa shape index (κ2) is 4.50. The Morgan fingerprint density at radius 3 is 2.82 bits per heavy atom. The average molecular weight is 228 g/mol. The number of ether oxygens (including phenoxy) is 1. The van der Waals surface area contributed by atoms with Crippen LogP contribution in [0.2, 0.25) is 0 Å². The van der Waals surface area contributed by atoms with E-state index in [9.17, 15) is 5.11 Å². The van der Waals surface area contributed by atoms with Crippen molar-refractivity contribution in [2.24, 2.45) is 0 Å². The summed E-state index contributed by atoms with van der Waals surface area (Å²) in [5.74, 6) is 1.52. The summed E-state index contributed by atoms with van der Waals surface area (Å²) >= 11 is 0. The number of phenolic OH excluding ortho intramolecular Hbond substituents is 1. The molecule has 0 saturated carbocycles. The van der Waals surface area contributed by atoms with Crippen LogP contribution in [0.3, 0.4) is 0 Å². The van der Waals surface area contributed by atoms with Gasteiger partial charge in [0.05, 0.1) is 0 Å². The predicted octanol–water partition coefficient (Wildman–Crippen LogP) is 3.82. The van der Waals surface area contributed by atoms with Crippen molar-refractivity contribution in [3.05, 3.63) is 53.3 Å². The van der Waals surface area contributed by atoms with Gasteiger partial charge in [0, 0.05) is 11.6 Å². The van der Waals surface area contributed by atoms with E-state index in [2.05, 4.69) is 12.7 Å². The highest BCUT2D eigenvalue weighted by atomic mass is 16.5. The molecule has 88 valence electrons. The molecule has 0 amide bonds. The molecule has 2 rings (SSSR count). The monoisotopic (exact) mass is 228 g/mol. The molecule has 0 spiro atoms. The minimum Gasteiger partial charge on any atom is -0.508 e. The van der Waals surface area contributed by atoms with E-state index in [0.29, 0.717) is 11.5 Å². The quantitative estimate of drug-likeness (QED) is 0.780. The summed E-state index contributed by atoms with van der Waals surface area (Å²) in [6.07, 6.45) is 6.60. The fraction of sp³-hybridized carbons (Fsp3) is 0.200. The minimum absolute atomic E-state index is 0.268. The number of hydrogen-bond acceptors (Lipinski definition) is 2. The fourth-order valence-corrected chi connectivity index (χ4v) is 1.69. The van der Waals surface area contributed by atoms with Crippen LogP contribution in [0.15, 0.2) is 42.2 Å². The van der Waals surface area contributed by atoms with E-state index in [4.69, 9.17) is 4.74 Å². The average Bonchev–Trinajstić information content (AvgIpc) is 2.26. The predicted molar refractivity (Wildman–Crippen MR) is 70.0 cm³/mol. The topological polar surface area (TPSA) is 29.5 Å². The number of fused-ring (bicyclic) bond motifs is 1. The smallest absolute Gasteiger partial charge is 0.138 e. The molecule has 0 bridgehead atoms. The lowest BCUT2D eigenvalue weighted by Crippen LogP contribution is -1.98. The number of benzene rings is 1. The third-order valence-electron chi connectivity index (χ3n) is 2.63. The molecule has 1 N–H and O–H groups in total. The summed E-state index contributed by atoms with van der Waals surface area (Å²) in [5.41, 5.74) is 3.13. The lowest BCUT2D eigenvalue weighted by Gasteiger charge is -2.15. The normalized spacial score (nSPS) is 12.9. The molecular weight excluding hydrogens is 212 g/mol. The molecule has 2 heteroatoms. The van der Waals surface area contributed by atoms with Gasteiger partial charge in [0.1, 0.15) is 17.3 Å². The molecule has 0 radical (unpaired) electrons. The van der Waals surface area contributed by atoms with Crippen LogP contribution in [0.25, 0.3) is 6.08 Å². The Morgan fingerprint density at radius 1 is 1.35 bits per heavy atom. The fourth-order valence-electron chi connectivity index (χ4n) is 1.69. The van der Waals surface area contributed by atoms with Gasteiger partial charge in [-0.15, -0.1) is 0 Å². The molecule has 0 saturated heterocycles. The van der Waals surface area contributed by atoms with Crippen LogP contribution in [0.4, 0.5) is 0 Å². The van der Waals surface area contributed by atoms with Gasteiger partial charge in [0.25, 0.3) is 0 Å². The van der Waals surface area contributed by atoms with Crippen molar-refractivity contribution in [1.82, 2.24) is 0 Å². The van der Waals surface area contributed by atoms with Gasteiger partial charge in [-0.05, 0) is 44.1 Å². The van der Waals surface area contributed by atoms with Gasteiger partial charge < -0.3 is 9.84 Å².